The third kappa shape index (κ3) is 5.14. The number of carbonyl (C=O) groups excluding carboxylic acids is 1. The van der Waals surface area contributed by atoms with E-state index >= 15 is 0 Å². The molecule has 4 nitrogen and oxygen atoms in total. The zero-order valence-corrected chi connectivity index (χ0v) is 9.87. The molecule has 0 saturated heterocycles. The molecule has 4 heteroatoms. The molecule has 0 heterocycles. The molecule has 1 fully saturated rings. The van der Waals surface area contributed by atoms with Crippen molar-refractivity contribution in [2.24, 2.45) is 5.92 Å². The molecule has 0 aromatic carbocycles. The van der Waals surface area contributed by atoms with Crippen LogP contribution in [0.15, 0.2) is 0 Å². The largest absolute Gasteiger partial charge is 0.481 e. The van der Waals surface area contributed by atoms with Gasteiger partial charge in [0.1, 0.15) is 0 Å². The lowest BCUT2D eigenvalue weighted by Gasteiger charge is -2.25. The fourth-order valence-corrected chi connectivity index (χ4v) is 1.88. The van der Waals surface area contributed by atoms with Crippen LogP contribution in [-0.2, 0) is 9.59 Å². The van der Waals surface area contributed by atoms with Crippen molar-refractivity contribution in [3.8, 4) is 0 Å². The van der Waals surface area contributed by atoms with Crippen molar-refractivity contribution >= 4 is 11.9 Å². The van der Waals surface area contributed by atoms with Crippen LogP contribution in [0.5, 0.6) is 0 Å². The van der Waals surface area contributed by atoms with Gasteiger partial charge in [-0.05, 0) is 25.7 Å². The molecule has 0 radical (unpaired) electrons. The highest BCUT2D eigenvalue weighted by atomic mass is 16.4. The van der Waals surface area contributed by atoms with Gasteiger partial charge in [-0.3, -0.25) is 9.59 Å². The SMILES string of the molecule is CC(CCC(=O)O)NC(=O)CCC1CCC1. The van der Waals surface area contributed by atoms with Gasteiger partial charge in [-0.2, -0.15) is 0 Å². The zero-order valence-electron chi connectivity index (χ0n) is 9.87. The highest BCUT2D eigenvalue weighted by Crippen LogP contribution is 2.30. The number of hydrogen-bond donors (Lipinski definition) is 2. The molecule has 1 aliphatic rings. The predicted octanol–water partition coefficient (Wildman–Crippen LogP) is 1.94. The average molecular weight is 227 g/mol. The molecule has 0 aromatic rings. The van der Waals surface area contributed by atoms with Gasteiger partial charge < -0.3 is 10.4 Å². The standard InChI is InChI=1S/C12H21NO3/c1-9(5-8-12(15)16)13-11(14)7-6-10-3-2-4-10/h9-10H,2-8H2,1H3,(H,13,14)(H,15,16). The Bertz CT molecular complexity index is 249. The van der Waals surface area contributed by atoms with Gasteiger partial charge >= 0.3 is 5.97 Å². The maximum atomic E-state index is 11.5. The molecule has 0 spiro atoms. The second kappa shape index (κ2) is 6.51. The fourth-order valence-electron chi connectivity index (χ4n) is 1.88. The smallest absolute Gasteiger partial charge is 0.303 e. The highest BCUT2D eigenvalue weighted by Gasteiger charge is 2.18. The Balaban J connectivity index is 2.05. The first-order valence-electron chi connectivity index (χ1n) is 6.09. The molecule has 1 rings (SSSR count). The van der Waals surface area contributed by atoms with Crippen molar-refractivity contribution < 1.29 is 14.7 Å². The van der Waals surface area contributed by atoms with E-state index in [9.17, 15) is 9.59 Å². The summed E-state index contributed by atoms with van der Waals surface area (Å²) in [6, 6.07) is -0.0370. The molecular weight excluding hydrogens is 206 g/mol. The first kappa shape index (κ1) is 13.0. The van der Waals surface area contributed by atoms with Crippen LogP contribution in [0.2, 0.25) is 0 Å². The third-order valence-corrected chi connectivity index (χ3v) is 3.20. The van der Waals surface area contributed by atoms with Gasteiger partial charge in [0.05, 0.1) is 0 Å². The lowest BCUT2D eigenvalue weighted by molar-refractivity contribution is -0.137. The lowest BCUT2D eigenvalue weighted by Crippen LogP contribution is -2.33. The van der Waals surface area contributed by atoms with Crippen molar-refractivity contribution in [3.63, 3.8) is 0 Å². The summed E-state index contributed by atoms with van der Waals surface area (Å²) in [7, 11) is 0. The molecular formula is C12H21NO3. The molecule has 1 saturated carbocycles. The van der Waals surface area contributed by atoms with E-state index in [4.69, 9.17) is 5.11 Å². The van der Waals surface area contributed by atoms with Crippen molar-refractivity contribution in [1.82, 2.24) is 5.32 Å². The van der Waals surface area contributed by atoms with Crippen molar-refractivity contribution in [2.75, 3.05) is 0 Å². The number of amides is 1. The van der Waals surface area contributed by atoms with Crippen molar-refractivity contribution in [1.29, 1.82) is 0 Å². The van der Waals surface area contributed by atoms with E-state index in [0.717, 1.165) is 12.3 Å². The van der Waals surface area contributed by atoms with Crippen LogP contribution >= 0.6 is 0 Å². The molecule has 0 bridgehead atoms. The topological polar surface area (TPSA) is 66.4 Å². The van der Waals surface area contributed by atoms with Gasteiger partial charge in [0.2, 0.25) is 5.91 Å². The third-order valence-electron chi connectivity index (χ3n) is 3.20. The highest BCUT2D eigenvalue weighted by molar-refractivity contribution is 5.76. The minimum absolute atomic E-state index is 0.0370. The zero-order chi connectivity index (χ0) is 12.0. The minimum Gasteiger partial charge on any atom is -0.481 e. The van der Waals surface area contributed by atoms with Gasteiger partial charge in [0.15, 0.2) is 0 Å². The number of carbonyl (C=O) groups is 2. The summed E-state index contributed by atoms with van der Waals surface area (Å²) in [5, 5.41) is 11.3. The van der Waals surface area contributed by atoms with Crippen molar-refractivity contribution in [3.05, 3.63) is 0 Å². The number of hydrogen-bond acceptors (Lipinski definition) is 2. The van der Waals surface area contributed by atoms with E-state index in [1.807, 2.05) is 6.92 Å². The van der Waals surface area contributed by atoms with Gasteiger partial charge in [0.25, 0.3) is 0 Å². The predicted molar refractivity (Wildman–Crippen MR) is 61.0 cm³/mol. The Morgan fingerprint density at radius 2 is 2.06 bits per heavy atom. The summed E-state index contributed by atoms with van der Waals surface area (Å²) in [5.74, 6) is 0.000400. The summed E-state index contributed by atoms with van der Waals surface area (Å²) in [4.78, 5) is 21.8. The van der Waals surface area contributed by atoms with Gasteiger partial charge in [-0.1, -0.05) is 19.3 Å². The fraction of sp³-hybridized carbons (Fsp3) is 0.833. The van der Waals surface area contributed by atoms with E-state index in [2.05, 4.69) is 5.32 Å². The number of carboxylic acid groups (broad SMARTS) is 1. The average Bonchev–Trinajstić information content (AvgIpc) is 2.12. The van der Waals surface area contributed by atoms with E-state index in [-0.39, 0.29) is 18.4 Å². The van der Waals surface area contributed by atoms with Gasteiger partial charge in [0, 0.05) is 18.9 Å². The van der Waals surface area contributed by atoms with Gasteiger partial charge in [-0.15, -0.1) is 0 Å². The Hall–Kier alpha value is -1.06. The van der Waals surface area contributed by atoms with Crippen LogP contribution < -0.4 is 5.32 Å². The van der Waals surface area contributed by atoms with E-state index < -0.39 is 5.97 Å². The summed E-state index contributed by atoms with van der Waals surface area (Å²) in [6.45, 7) is 1.85. The maximum Gasteiger partial charge on any atom is 0.303 e. The maximum absolute atomic E-state index is 11.5. The summed E-state index contributed by atoms with van der Waals surface area (Å²) in [6.07, 6.45) is 6.03. The van der Waals surface area contributed by atoms with E-state index in [1.54, 1.807) is 0 Å². The minimum atomic E-state index is -0.810. The van der Waals surface area contributed by atoms with Crippen molar-refractivity contribution in [2.45, 2.75) is 57.9 Å². The normalized spacial score (nSPS) is 17.6. The monoisotopic (exact) mass is 227 g/mol. The number of rotatable bonds is 7. The molecule has 1 aliphatic carbocycles. The number of carboxylic acids is 1. The molecule has 1 unspecified atom stereocenters. The van der Waals surface area contributed by atoms with Crippen LogP contribution in [0.3, 0.4) is 0 Å². The van der Waals surface area contributed by atoms with Crippen LogP contribution in [0, 0.1) is 5.92 Å². The molecule has 0 aliphatic heterocycles. The van der Waals surface area contributed by atoms with Gasteiger partial charge in [-0.25, -0.2) is 0 Å². The van der Waals surface area contributed by atoms with Crippen LogP contribution in [0.4, 0.5) is 0 Å². The summed E-state index contributed by atoms with van der Waals surface area (Å²) in [5.41, 5.74) is 0. The van der Waals surface area contributed by atoms with E-state index in [0.29, 0.717) is 12.8 Å². The molecule has 92 valence electrons. The van der Waals surface area contributed by atoms with Crippen LogP contribution in [0.1, 0.15) is 51.9 Å². The summed E-state index contributed by atoms with van der Waals surface area (Å²) >= 11 is 0. The van der Waals surface area contributed by atoms with Crippen LogP contribution in [0.25, 0.3) is 0 Å². The quantitative estimate of drug-likeness (QED) is 0.698. The first-order valence-corrected chi connectivity index (χ1v) is 6.09. The first-order chi connectivity index (χ1) is 7.58. The Labute approximate surface area is 96.4 Å². The second-order valence-corrected chi connectivity index (χ2v) is 4.74. The molecule has 0 aromatic heterocycles. The summed E-state index contributed by atoms with van der Waals surface area (Å²) < 4.78 is 0. The number of nitrogens with one attached hydrogen (secondary N) is 1. The Morgan fingerprint density at radius 1 is 1.38 bits per heavy atom. The Morgan fingerprint density at radius 3 is 2.56 bits per heavy atom. The molecule has 16 heavy (non-hydrogen) atoms. The lowest BCUT2D eigenvalue weighted by atomic mass is 9.82. The van der Waals surface area contributed by atoms with E-state index in [1.165, 1.54) is 19.3 Å². The molecule has 1 atom stereocenters. The molecule has 2 N–H and O–H groups in total. The van der Waals surface area contributed by atoms with Crippen LogP contribution in [-0.4, -0.2) is 23.0 Å². The second-order valence-electron chi connectivity index (χ2n) is 4.74. The Kier molecular flexibility index (Phi) is 5.29. The number of aliphatic carboxylic acids is 1. The molecule has 1 amide bonds.